The van der Waals surface area contributed by atoms with Crippen molar-refractivity contribution in [1.82, 2.24) is 5.32 Å². The number of ether oxygens (including phenoxy) is 12. The van der Waals surface area contributed by atoms with Crippen molar-refractivity contribution in [3.63, 3.8) is 0 Å². The number of carbonyl (C=O) groups is 1. The van der Waals surface area contributed by atoms with Gasteiger partial charge in [0.1, 0.15) is 153 Å². The smallest absolute Gasteiger partial charge is 0.217 e. The Balaban J connectivity index is 1.48. The van der Waals surface area contributed by atoms with E-state index in [9.17, 15) is 112 Å². The average molecular weight is 1160 g/mol. The van der Waals surface area contributed by atoms with Crippen LogP contribution in [0.4, 0.5) is 0 Å². The van der Waals surface area contributed by atoms with Crippen LogP contribution in [-0.2, 0) is 61.6 Å². The van der Waals surface area contributed by atoms with Gasteiger partial charge in [-0.15, -0.1) is 0 Å². The Hall–Kier alpha value is -1.85. The first-order valence-corrected chi connectivity index (χ1v) is 25.3. The lowest BCUT2D eigenvalue weighted by molar-refractivity contribution is -0.421. The Morgan fingerprint density at radius 1 is 0.405 bits per heavy atom. The van der Waals surface area contributed by atoms with Gasteiger partial charge in [-0.05, 0) is 13.8 Å². The van der Waals surface area contributed by atoms with Crippen molar-refractivity contribution in [2.24, 2.45) is 0 Å². The van der Waals surface area contributed by atoms with Crippen LogP contribution in [0.5, 0.6) is 0 Å². The predicted molar refractivity (Wildman–Crippen MR) is 243 cm³/mol. The van der Waals surface area contributed by atoms with E-state index in [4.69, 9.17) is 56.8 Å². The third kappa shape index (κ3) is 14.5. The third-order valence-corrected chi connectivity index (χ3v) is 14.5. The molecular weight excluding hydrogens is 1090 g/mol. The van der Waals surface area contributed by atoms with Crippen molar-refractivity contribution in [1.29, 1.82) is 0 Å². The molecule has 462 valence electrons. The topological polar surface area (TPSA) is 565 Å². The number of aliphatic hydroxyl groups is 21. The lowest BCUT2D eigenvalue weighted by atomic mass is 9.94. The molecule has 79 heavy (non-hydrogen) atoms. The van der Waals surface area contributed by atoms with E-state index in [1.54, 1.807) is 0 Å². The summed E-state index contributed by atoms with van der Waals surface area (Å²) >= 11 is 0. The van der Waals surface area contributed by atoms with Crippen molar-refractivity contribution in [2.45, 2.75) is 229 Å². The summed E-state index contributed by atoms with van der Waals surface area (Å²) in [5, 5.41) is 229. The van der Waals surface area contributed by atoms with Crippen LogP contribution in [0, 0.1) is 0 Å². The van der Waals surface area contributed by atoms with E-state index in [0.717, 1.165) is 6.92 Å². The summed E-state index contributed by atoms with van der Waals surface area (Å²) < 4.78 is 71.2. The number of amides is 1. The number of hydrogen-bond donors (Lipinski definition) is 22. The van der Waals surface area contributed by atoms with Gasteiger partial charge >= 0.3 is 0 Å². The molecule has 0 aromatic heterocycles. The maximum Gasteiger partial charge on any atom is 0.217 e. The van der Waals surface area contributed by atoms with Gasteiger partial charge in [-0.1, -0.05) is 0 Å². The van der Waals surface area contributed by atoms with Crippen molar-refractivity contribution in [3.8, 4) is 0 Å². The van der Waals surface area contributed by atoms with Gasteiger partial charge in [0.2, 0.25) is 5.91 Å². The Labute approximate surface area is 448 Å². The SMILES string of the molecule is CC(=O)N[C@@H](CO)[C@@H](O[C@@H]1O[C@H](CO)[C@H](O)[C@H](O[C@@H]2O[C@H](CO)[C@H](O)[C@H](O[C@H]3O[C@H](CO)[C@H](O)[C@H](O)[C@H]3O[C@@H]3O[C@H](CO)[C@H](O)[C@H](O)[C@H]3O)[C@H]2O[C@@H]2O[C@@H](C)[C@@H](O)[C@@H](O)[C@@H]2O)[C@H]1O[C@@H]1O[C@@H](C)[C@@H](O)[C@@H](O)[C@@H]1O)[C@@H](O)[C@H](O)CO. The zero-order valence-corrected chi connectivity index (χ0v) is 42.6. The Morgan fingerprint density at radius 3 is 1.16 bits per heavy atom. The second kappa shape index (κ2) is 28.8. The molecule has 6 aliphatic heterocycles. The molecule has 34 atom stereocenters. The van der Waals surface area contributed by atoms with Gasteiger partial charge in [-0.25, -0.2) is 0 Å². The highest BCUT2D eigenvalue weighted by atomic mass is 16.8. The number of carbonyl (C=O) groups excluding carboxylic acids is 1. The standard InChI is InChI=1S/C44H77NO34/c1-10-19(54)26(61)30(65)39(68-10)78-37-35(25(60)17(8-50)72-43(37)74-33(21(56)14(53)5-47)13(4-46)45-12(3)52)76-44-38(79-40-31(66)27(62)20(55)11(2)69-40)34(24(59)18(9-51)73-44)75-42-36(29(64)23(58)16(7-49)71-42)77-41-32(67)28(63)22(57)15(6-48)70-41/h10-11,13-44,46-51,53-67H,4-9H2,1-3H3,(H,45,52)/t10-,11-,13-,14+,15+,16+,17+,18+,19+,20+,21-,22-,23-,24-,25-,26+,27+,28-,29-,30-,31-,32+,33+,34-,35-,36+,37+,38+,39-,40-,41-,42+,43-,44-/m0/s1. The van der Waals surface area contributed by atoms with E-state index in [2.05, 4.69) is 5.32 Å². The van der Waals surface area contributed by atoms with Crippen LogP contribution < -0.4 is 5.32 Å². The van der Waals surface area contributed by atoms with Crippen molar-refractivity contribution >= 4 is 5.91 Å². The molecule has 0 saturated carbocycles. The normalized spacial score (nSPS) is 48.7. The van der Waals surface area contributed by atoms with E-state index < -0.39 is 254 Å². The minimum atomic E-state index is -2.37. The summed E-state index contributed by atoms with van der Waals surface area (Å²) in [6, 6.07) is -1.70. The molecule has 0 bridgehead atoms. The van der Waals surface area contributed by atoms with Crippen LogP contribution >= 0.6 is 0 Å². The summed E-state index contributed by atoms with van der Waals surface area (Å²) in [4.78, 5) is 12.3. The first-order chi connectivity index (χ1) is 37.3. The summed E-state index contributed by atoms with van der Waals surface area (Å²) in [6.07, 6.45) is -67.8. The monoisotopic (exact) mass is 1160 g/mol. The second-order valence-corrected chi connectivity index (χ2v) is 20.0. The molecule has 35 nitrogen and oxygen atoms in total. The number of hydrogen-bond acceptors (Lipinski definition) is 34. The summed E-state index contributed by atoms with van der Waals surface area (Å²) in [7, 11) is 0. The fraction of sp³-hybridized carbons (Fsp3) is 0.977. The number of aliphatic hydroxyl groups excluding tert-OH is 21. The second-order valence-electron chi connectivity index (χ2n) is 20.0. The van der Waals surface area contributed by atoms with E-state index >= 15 is 0 Å². The van der Waals surface area contributed by atoms with Crippen LogP contribution in [-0.4, -0.2) is 361 Å². The molecule has 6 aliphatic rings. The molecule has 35 heteroatoms. The lowest BCUT2D eigenvalue weighted by Crippen LogP contribution is -2.70. The average Bonchev–Trinajstić information content (AvgIpc) is 3.48. The van der Waals surface area contributed by atoms with Crippen LogP contribution in [0.15, 0.2) is 0 Å². The van der Waals surface area contributed by atoms with Gasteiger partial charge < -0.3 is 169 Å². The van der Waals surface area contributed by atoms with Gasteiger partial charge in [0.15, 0.2) is 37.7 Å². The summed E-state index contributed by atoms with van der Waals surface area (Å²) in [5.74, 6) is -0.842. The zero-order chi connectivity index (χ0) is 58.6. The van der Waals surface area contributed by atoms with E-state index in [1.807, 2.05) is 0 Å². The van der Waals surface area contributed by atoms with E-state index in [1.165, 1.54) is 13.8 Å². The van der Waals surface area contributed by atoms with Crippen LogP contribution in [0.3, 0.4) is 0 Å². The highest BCUT2D eigenvalue weighted by Gasteiger charge is 2.60. The molecule has 6 saturated heterocycles. The fourth-order valence-corrected chi connectivity index (χ4v) is 9.81. The van der Waals surface area contributed by atoms with Gasteiger partial charge in [0, 0.05) is 6.92 Å². The highest BCUT2D eigenvalue weighted by molar-refractivity contribution is 5.73. The minimum absolute atomic E-state index is 0.842. The third-order valence-electron chi connectivity index (χ3n) is 14.5. The largest absolute Gasteiger partial charge is 0.394 e. The number of rotatable bonds is 22. The molecule has 0 aliphatic carbocycles. The quantitative estimate of drug-likeness (QED) is 0.0479. The van der Waals surface area contributed by atoms with Crippen LogP contribution in [0.2, 0.25) is 0 Å². The molecule has 1 amide bonds. The molecule has 0 spiro atoms. The Bertz CT molecular complexity index is 1850. The Morgan fingerprint density at radius 2 is 0.747 bits per heavy atom. The van der Waals surface area contributed by atoms with Crippen molar-refractivity contribution < 1.29 is 169 Å². The van der Waals surface area contributed by atoms with Crippen LogP contribution in [0.1, 0.15) is 20.8 Å². The minimum Gasteiger partial charge on any atom is -0.394 e. The van der Waals surface area contributed by atoms with Crippen molar-refractivity contribution in [3.05, 3.63) is 0 Å². The molecule has 0 aromatic rings. The maximum atomic E-state index is 12.3. The molecule has 6 heterocycles. The molecule has 22 N–H and O–H groups in total. The van der Waals surface area contributed by atoms with Gasteiger partial charge in [0.25, 0.3) is 0 Å². The van der Waals surface area contributed by atoms with E-state index in [-0.39, 0.29) is 0 Å². The van der Waals surface area contributed by atoms with Crippen molar-refractivity contribution in [2.75, 3.05) is 39.6 Å². The maximum absolute atomic E-state index is 12.3. The van der Waals surface area contributed by atoms with Gasteiger partial charge in [-0.3, -0.25) is 4.79 Å². The van der Waals surface area contributed by atoms with Crippen LogP contribution in [0.25, 0.3) is 0 Å². The van der Waals surface area contributed by atoms with Gasteiger partial charge in [-0.2, -0.15) is 0 Å². The molecule has 0 unspecified atom stereocenters. The molecular formula is C44H77NO34. The predicted octanol–water partition coefficient (Wildman–Crippen LogP) is -14.4. The number of nitrogens with one attached hydrogen (secondary N) is 1. The Kier molecular flexibility index (Phi) is 24.2. The summed E-state index contributed by atoms with van der Waals surface area (Å²) in [5.41, 5.74) is 0. The zero-order valence-electron chi connectivity index (χ0n) is 42.6. The first-order valence-electron chi connectivity index (χ1n) is 25.3. The molecule has 6 fully saturated rings. The van der Waals surface area contributed by atoms with E-state index in [0.29, 0.717) is 0 Å². The van der Waals surface area contributed by atoms with Gasteiger partial charge in [0.05, 0.1) is 57.9 Å². The first kappa shape index (κ1) is 66.3. The summed E-state index contributed by atoms with van der Waals surface area (Å²) in [6.45, 7) is -3.14. The molecule has 6 rings (SSSR count). The lowest BCUT2D eigenvalue weighted by Gasteiger charge is -2.52. The highest BCUT2D eigenvalue weighted by Crippen LogP contribution is 2.39. The fourth-order valence-electron chi connectivity index (χ4n) is 9.81. The molecule has 0 aromatic carbocycles. The molecule has 0 radical (unpaired) electrons.